The van der Waals surface area contributed by atoms with Crippen molar-refractivity contribution in [3.05, 3.63) is 124 Å². The van der Waals surface area contributed by atoms with Gasteiger partial charge in [0.1, 0.15) is 18.3 Å². The molecule has 4 rings (SSSR count). The Hall–Kier alpha value is -4.15. The van der Waals surface area contributed by atoms with Gasteiger partial charge in [-0.15, -0.1) is 0 Å². The van der Waals surface area contributed by atoms with Gasteiger partial charge in [0.25, 0.3) is 10.0 Å². The lowest BCUT2D eigenvalue weighted by atomic mass is 10.0. The zero-order valence-corrected chi connectivity index (χ0v) is 28.9. The number of nitrogens with zero attached hydrogens (tertiary/aromatic N) is 2. The molecule has 1 N–H and O–H groups in total. The summed E-state index contributed by atoms with van der Waals surface area (Å²) in [5.41, 5.74) is 2.87. The van der Waals surface area contributed by atoms with Gasteiger partial charge in [0.2, 0.25) is 11.8 Å². The molecule has 0 heterocycles. The summed E-state index contributed by atoms with van der Waals surface area (Å²) in [4.78, 5) is 29.9. The van der Waals surface area contributed by atoms with E-state index in [0.717, 1.165) is 25.5 Å². The van der Waals surface area contributed by atoms with Gasteiger partial charge >= 0.3 is 0 Å². The first-order valence-corrected chi connectivity index (χ1v) is 17.4. The van der Waals surface area contributed by atoms with Crippen LogP contribution in [0.4, 0.5) is 5.69 Å². The summed E-state index contributed by atoms with van der Waals surface area (Å²) in [5.74, 6) is -0.263. The van der Waals surface area contributed by atoms with Crippen LogP contribution in [0.2, 0.25) is 0 Å². The number of halogens is 1. The summed E-state index contributed by atoms with van der Waals surface area (Å²) >= 11 is 3.46. The standard InChI is InChI=1S/C36H40BrN3O5S/c1-5-45-32-19-17-31(18-20-32)40(46(43,44)33-21-11-27(4)12-22-33)25-35(41)39(24-29-13-15-30(37)16-14-29)34(36(42)38-26(2)3)23-28-9-7-6-8-10-28/h6-22,26,34H,5,23-25H2,1-4H3,(H,38,42)/t34-/m0/s1. The summed E-state index contributed by atoms with van der Waals surface area (Å²) in [6, 6.07) is 29.0. The number of aryl methyl sites for hydroxylation is 1. The van der Waals surface area contributed by atoms with E-state index in [0.29, 0.717) is 18.0 Å². The largest absolute Gasteiger partial charge is 0.494 e. The molecule has 10 heteroatoms. The molecular weight excluding hydrogens is 666 g/mol. The maximum absolute atomic E-state index is 14.5. The Kier molecular flexibility index (Phi) is 12.0. The lowest BCUT2D eigenvalue weighted by Crippen LogP contribution is -2.54. The van der Waals surface area contributed by atoms with Gasteiger partial charge in [0.05, 0.1) is 17.2 Å². The van der Waals surface area contributed by atoms with E-state index in [1.54, 1.807) is 36.4 Å². The van der Waals surface area contributed by atoms with Gasteiger partial charge < -0.3 is 15.0 Å². The normalized spacial score (nSPS) is 12.0. The highest BCUT2D eigenvalue weighted by Gasteiger charge is 2.34. The highest BCUT2D eigenvalue weighted by atomic mass is 79.9. The third-order valence-electron chi connectivity index (χ3n) is 7.29. The summed E-state index contributed by atoms with van der Waals surface area (Å²) in [7, 11) is -4.19. The Morgan fingerprint density at radius 3 is 2.07 bits per heavy atom. The second-order valence-electron chi connectivity index (χ2n) is 11.3. The smallest absolute Gasteiger partial charge is 0.264 e. The van der Waals surface area contributed by atoms with E-state index in [1.165, 1.54) is 17.0 Å². The van der Waals surface area contributed by atoms with Crippen molar-refractivity contribution in [1.82, 2.24) is 10.2 Å². The molecule has 0 radical (unpaired) electrons. The van der Waals surface area contributed by atoms with Crippen LogP contribution >= 0.6 is 15.9 Å². The van der Waals surface area contributed by atoms with Crippen molar-refractivity contribution in [2.24, 2.45) is 0 Å². The van der Waals surface area contributed by atoms with Crippen LogP contribution in [0, 0.1) is 6.92 Å². The van der Waals surface area contributed by atoms with Crippen LogP contribution in [0.25, 0.3) is 0 Å². The van der Waals surface area contributed by atoms with Gasteiger partial charge in [-0.3, -0.25) is 13.9 Å². The number of sulfonamides is 1. The van der Waals surface area contributed by atoms with Gasteiger partial charge in [-0.1, -0.05) is 76.1 Å². The first-order chi connectivity index (χ1) is 22.0. The lowest BCUT2D eigenvalue weighted by Gasteiger charge is -2.34. The minimum absolute atomic E-state index is 0.0534. The Balaban J connectivity index is 1.80. The fourth-order valence-electron chi connectivity index (χ4n) is 4.96. The number of carbonyl (C=O) groups excluding carboxylic acids is 2. The van der Waals surface area contributed by atoms with Crippen molar-refractivity contribution in [1.29, 1.82) is 0 Å². The SMILES string of the molecule is CCOc1ccc(N(CC(=O)N(Cc2ccc(Br)cc2)[C@@H](Cc2ccccc2)C(=O)NC(C)C)S(=O)(=O)c2ccc(C)cc2)cc1. The van der Waals surface area contributed by atoms with Crippen molar-refractivity contribution >= 4 is 43.5 Å². The number of anilines is 1. The van der Waals surface area contributed by atoms with E-state index >= 15 is 0 Å². The molecule has 0 saturated heterocycles. The Morgan fingerprint density at radius 1 is 0.848 bits per heavy atom. The van der Waals surface area contributed by atoms with E-state index in [9.17, 15) is 18.0 Å². The number of carbonyl (C=O) groups is 2. The van der Waals surface area contributed by atoms with E-state index < -0.39 is 28.5 Å². The molecule has 0 aliphatic carbocycles. The van der Waals surface area contributed by atoms with Crippen molar-refractivity contribution in [3.8, 4) is 5.75 Å². The Labute approximate surface area is 280 Å². The van der Waals surface area contributed by atoms with Gasteiger partial charge in [0, 0.05) is 23.5 Å². The number of rotatable bonds is 14. The molecule has 46 heavy (non-hydrogen) atoms. The van der Waals surface area contributed by atoms with Crippen LogP contribution in [0.5, 0.6) is 5.75 Å². The van der Waals surface area contributed by atoms with Crippen LogP contribution in [0.3, 0.4) is 0 Å². The number of ether oxygens (including phenoxy) is 1. The van der Waals surface area contributed by atoms with E-state index in [1.807, 2.05) is 82.3 Å². The summed E-state index contributed by atoms with van der Waals surface area (Å²) in [5, 5.41) is 2.97. The van der Waals surface area contributed by atoms with Gasteiger partial charge in [-0.05, 0) is 87.4 Å². The maximum Gasteiger partial charge on any atom is 0.264 e. The number of benzene rings is 4. The molecular formula is C36H40BrN3O5S. The first kappa shape index (κ1) is 34.7. The van der Waals surface area contributed by atoms with Gasteiger partial charge in [-0.2, -0.15) is 0 Å². The molecule has 4 aromatic carbocycles. The minimum atomic E-state index is -4.19. The molecule has 1 atom stereocenters. The molecule has 0 unspecified atom stereocenters. The van der Waals surface area contributed by atoms with E-state index in [2.05, 4.69) is 21.2 Å². The molecule has 0 fully saturated rings. The average Bonchev–Trinajstić information content (AvgIpc) is 3.03. The predicted octanol–water partition coefficient (Wildman–Crippen LogP) is 6.52. The fourth-order valence-corrected chi connectivity index (χ4v) is 6.64. The van der Waals surface area contributed by atoms with Crippen LogP contribution in [-0.4, -0.2) is 50.4 Å². The van der Waals surface area contributed by atoms with Crippen LogP contribution in [0.1, 0.15) is 37.5 Å². The second kappa shape index (κ2) is 15.9. The average molecular weight is 707 g/mol. The molecule has 242 valence electrons. The second-order valence-corrected chi connectivity index (χ2v) is 14.0. The number of amides is 2. The molecule has 2 amide bonds. The molecule has 8 nitrogen and oxygen atoms in total. The molecule has 0 saturated carbocycles. The van der Waals surface area contributed by atoms with Crippen LogP contribution in [0.15, 0.2) is 112 Å². The minimum Gasteiger partial charge on any atom is -0.494 e. The first-order valence-electron chi connectivity index (χ1n) is 15.2. The molecule has 0 bridgehead atoms. The topological polar surface area (TPSA) is 96.0 Å². The fraction of sp³-hybridized carbons (Fsp3) is 0.278. The number of hydrogen-bond donors (Lipinski definition) is 1. The zero-order chi connectivity index (χ0) is 33.3. The summed E-state index contributed by atoms with van der Waals surface area (Å²) < 4.78 is 35.9. The van der Waals surface area contributed by atoms with Crippen molar-refractivity contribution < 1.29 is 22.7 Å². The van der Waals surface area contributed by atoms with Crippen molar-refractivity contribution in [2.45, 2.75) is 57.6 Å². The lowest BCUT2D eigenvalue weighted by molar-refractivity contribution is -0.140. The maximum atomic E-state index is 14.5. The summed E-state index contributed by atoms with van der Waals surface area (Å²) in [6.07, 6.45) is 0.245. The zero-order valence-electron chi connectivity index (χ0n) is 26.5. The van der Waals surface area contributed by atoms with E-state index in [-0.39, 0.29) is 29.8 Å². The third-order valence-corrected chi connectivity index (χ3v) is 9.61. The molecule has 0 aliphatic rings. The molecule has 0 spiro atoms. The van der Waals surface area contributed by atoms with Gasteiger partial charge in [-0.25, -0.2) is 8.42 Å². The number of nitrogens with one attached hydrogen (secondary N) is 1. The quantitative estimate of drug-likeness (QED) is 0.161. The predicted molar refractivity (Wildman–Crippen MR) is 185 cm³/mol. The van der Waals surface area contributed by atoms with E-state index in [4.69, 9.17) is 4.74 Å². The highest BCUT2D eigenvalue weighted by molar-refractivity contribution is 9.10. The van der Waals surface area contributed by atoms with Crippen LogP contribution in [-0.2, 0) is 32.6 Å². The Morgan fingerprint density at radius 2 is 1.48 bits per heavy atom. The number of hydrogen-bond acceptors (Lipinski definition) is 5. The molecule has 4 aromatic rings. The molecule has 0 aromatic heterocycles. The third kappa shape index (κ3) is 9.20. The highest BCUT2D eigenvalue weighted by Crippen LogP contribution is 2.27. The molecule has 0 aliphatic heterocycles. The van der Waals surface area contributed by atoms with Crippen molar-refractivity contribution in [3.63, 3.8) is 0 Å². The van der Waals surface area contributed by atoms with Crippen LogP contribution < -0.4 is 14.4 Å². The Bertz CT molecular complexity index is 1700. The monoisotopic (exact) mass is 705 g/mol. The van der Waals surface area contributed by atoms with Gasteiger partial charge in [0.15, 0.2) is 0 Å². The van der Waals surface area contributed by atoms with Crippen molar-refractivity contribution in [2.75, 3.05) is 17.5 Å². The summed E-state index contributed by atoms with van der Waals surface area (Å²) in [6.45, 7) is 7.48.